The Morgan fingerprint density at radius 1 is 1.23 bits per heavy atom. The lowest BCUT2D eigenvalue weighted by atomic mass is 10.0. The lowest BCUT2D eigenvalue weighted by Gasteiger charge is -2.13. The zero-order valence-corrected chi connectivity index (χ0v) is 12.9. The molecule has 2 aromatic rings. The predicted molar refractivity (Wildman–Crippen MR) is 85.5 cm³/mol. The molecule has 22 heavy (non-hydrogen) atoms. The number of aliphatic hydroxyl groups is 1. The summed E-state index contributed by atoms with van der Waals surface area (Å²) >= 11 is 5.83. The van der Waals surface area contributed by atoms with E-state index in [0.717, 1.165) is 5.56 Å². The number of halogens is 2. The van der Waals surface area contributed by atoms with E-state index in [-0.39, 0.29) is 18.2 Å². The van der Waals surface area contributed by atoms with Crippen molar-refractivity contribution >= 4 is 17.5 Å². The number of hydrogen-bond acceptors (Lipinski definition) is 2. The van der Waals surface area contributed by atoms with Gasteiger partial charge in [0.05, 0.1) is 5.56 Å². The van der Waals surface area contributed by atoms with Crippen molar-refractivity contribution in [3.8, 4) is 11.1 Å². The number of nitrogens with one attached hydrogen (secondary N) is 1. The van der Waals surface area contributed by atoms with Gasteiger partial charge in [0.25, 0.3) is 5.91 Å². The molecule has 2 N–H and O–H groups in total. The van der Waals surface area contributed by atoms with E-state index in [1.807, 2.05) is 0 Å². The van der Waals surface area contributed by atoms with Crippen LogP contribution < -0.4 is 5.32 Å². The minimum absolute atomic E-state index is 0.0116. The molecule has 2 rings (SSSR count). The summed E-state index contributed by atoms with van der Waals surface area (Å²) in [5.41, 5.74) is 1.49. The highest BCUT2D eigenvalue weighted by molar-refractivity contribution is 6.30. The third-order valence-electron chi connectivity index (χ3n) is 3.33. The molecule has 1 amide bonds. The highest BCUT2D eigenvalue weighted by atomic mass is 35.5. The van der Waals surface area contributed by atoms with Crippen molar-refractivity contribution in [2.45, 2.75) is 19.4 Å². The summed E-state index contributed by atoms with van der Waals surface area (Å²) in [6, 6.07) is 11.3. The molecule has 0 saturated heterocycles. The Bertz CT molecular complexity index is 658. The van der Waals surface area contributed by atoms with Crippen LogP contribution in [0.4, 0.5) is 4.39 Å². The van der Waals surface area contributed by atoms with Gasteiger partial charge in [-0.05, 0) is 48.7 Å². The largest absolute Gasteiger partial charge is 0.396 e. The van der Waals surface area contributed by atoms with Crippen LogP contribution in [0.5, 0.6) is 0 Å². The van der Waals surface area contributed by atoms with Crippen molar-refractivity contribution in [2.75, 3.05) is 6.61 Å². The SMILES string of the molecule is C[C@H](CCO)NC(=O)c1ccc(-c2ccc(Cl)cc2)cc1F. The summed E-state index contributed by atoms with van der Waals surface area (Å²) in [6.45, 7) is 1.73. The van der Waals surface area contributed by atoms with Crippen molar-refractivity contribution in [3.63, 3.8) is 0 Å². The van der Waals surface area contributed by atoms with Crippen molar-refractivity contribution in [3.05, 3.63) is 58.9 Å². The van der Waals surface area contributed by atoms with Gasteiger partial charge in [0.15, 0.2) is 0 Å². The Labute approximate surface area is 133 Å². The molecule has 0 radical (unpaired) electrons. The maximum atomic E-state index is 14.2. The minimum atomic E-state index is -0.582. The van der Waals surface area contributed by atoms with Gasteiger partial charge in [0, 0.05) is 17.7 Å². The molecule has 116 valence electrons. The van der Waals surface area contributed by atoms with Crippen LogP contribution in [0, 0.1) is 5.82 Å². The van der Waals surface area contributed by atoms with Crippen molar-refractivity contribution in [2.24, 2.45) is 0 Å². The molecule has 5 heteroatoms. The maximum Gasteiger partial charge on any atom is 0.254 e. The fourth-order valence-electron chi connectivity index (χ4n) is 2.09. The number of amides is 1. The molecule has 0 fully saturated rings. The summed E-state index contributed by atoms with van der Waals surface area (Å²) in [5.74, 6) is -1.07. The first-order valence-corrected chi connectivity index (χ1v) is 7.36. The van der Waals surface area contributed by atoms with Gasteiger partial charge in [0.1, 0.15) is 5.82 Å². The maximum absolute atomic E-state index is 14.2. The van der Waals surface area contributed by atoms with Gasteiger partial charge >= 0.3 is 0 Å². The van der Waals surface area contributed by atoms with Gasteiger partial charge in [-0.25, -0.2) is 4.39 Å². The molecule has 0 heterocycles. The molecular weight excluding hydrogens is 305 g/mol. The van der Waals surface area contributed by atoms with E-state index in [0.29, 0.717) is 17.0 Å². The van der Waals surface area contributed by atoms with Crippen molar-refractivity contribution in [1.82, 2.24) is 5.32 Å². The molecule has 0 aliphatic heterocycles. The lowest BCUT2D eigenvalue weighted by molar-refractivity contribution is 0.0930. The molecule has 0 aromatic heterocycles. The van der Waals surface area contributed by atoms with Crippen LogP contribution in [0.15, 0.2) is 42.5 Å². The van der Waals surface area contributed by atoms with Crippen LogP contribution in [0.1, 0.15) is 23.7 Å². The van der Waals surface area contributed by atoms with Gasteiger partial charge in [-0.3, -0.25) is 4.79 Å². The second-order valence-corrected chi connectivity index (χ2v) is 5.52. The Morgan fingerprint density at radius 3 is 2.45 bits per heavy atom. The summed E-state index contributed by atoms with van der Waals surface area (Å²) in [6.07, 6.45) is 0.427. The minimum Gasteiger partial charge on any atom is -0.396 e. The van der Waals surface area contributed by atoms with Gasteiger partial charge in [-0.2, -0.15) is 0 Å². The average Bonchev–Trinajstić information content (AvgIpc) is 2.47. The monoisotopic (exact) mass is 321 g/mol. The average molecular weight is 322 g/mol. The number of hydrogen-bond donors (Lipinski definition) is 2. The second kappa shape index (κ2) is 7.38. The predicted octanol–water partition coefficient (Wildman–Crippen LogP) is 3.65. The first-order valence-electron chi connectivity index (χ1n) is 6.98. The second-order valence-electron chi connectivity index (χ2n) is 5.09. The van der Waals surface area contributed by atoms with Crippen LogP contribution in [-0.4, -0.2) is 23.7 Å². The van der Waals surface area contributed by atoms with Crippen LogP contribution in [0.3, 0.4) is 0 Å². The van der Waals surface area contributed by atoms with E-state index >= 15 is 0 Å². The summed E-state index contributed by atoms with van der Waals surface area (Å²) < 4.78 is 14.2. The number of carbonyl (C=O) groups excluding carboxylic acids is 1. The van der Waals surface area contributed by atoms with Gasteiger partial charge in [-0.15, -0.1) is 0 Å². The Hall–Kier alpha value is -1.91. The van der Waals surface area contributed by atoms with Crippen molar-refractivity contribution < 1.29 is 14.3 Å². The smallest absolute Gasteiger partial charge is 0.254 e. The molecule has 0 aliphatic carbocycles. The van der Waals surface area contributed by atoms with Crippen LogP contribution >= 0.6 is 11.6 Å². The molecule has 0 bridgehead atoms. The van der Waals surface area contributed by atoms with E-state index < -0.39 is 11.7 Å². The van der Waals surface area contributed by atoms with E-state index in [2.05, 4.69) is 5.32 Å². The highest BCUT2D eigenvalue weighted by Crippen LogP contribution is 2.23. The summed E-state index contributed by atoms with van der Waals surface area (Å²) in [7, 11) is 0. The van der Waals surface area contributed by atoms with Gasteiger partial charge in [-0.1, -0.05) is 29.8 Å². The number of benzene rings is 2. The third kappa shape index (κ3) is 4.06. The molecule has 2 aromatic carbocycles. The van der Waals surface area contributed by atoms with Gasteiger partial charge in [0.2, 0.25) is 0 Å². The fourth-order valence-corrected chi connectivity index (χ4v) is 2.21. The topological polar surface area (TPSA) is 49.3 Å². The first kappa shape index (κ1) is 16.5. The quantitative estimate of drug-likeness (QED) is 0.883. The van der Waals surface area contributed by atoms with Crippen LogP contribution in [0.2, 0.25) is 5.02 Å². The number of carbonyl (C=O) groups is 1. The zero-order valence-electron chi connectivity index (χ0n) is 12.1. The van der Waals surface area contributed by atoms with Crippen molar-refractivity contribution in [1.29, 1.82) is 0 Å². The molecule has 0 spiro atoms. The van der Waals surface area contributed by atoms with E-state index in [9.17, 15) is 9.18 Å². The first-order chi connectivity index (χ1) is 10.5. The summed E-state index contributed by atoms with van der Waals surface area (Å²) in [5, 5.41) is 12.1. The Kier molecular flexibility index (Phi) is 5.52. The summed E-state index contributed by atoms with van der Waals surface area (Å²) in [4.78, 5) is 12.0. The molecule has 3 nitrogen and oxygen atoms in total. The Morgan fingerprint density at radius 2 is 1.86 bits per heavy atom. The lowest BCUT2D eigenvalue weighted by Crippen LogP contribution is -2.33. The zero-order chi connectivity index (χ0) is 16.1. The van der Waals surface area contributed by atoms with Crippen LogP contribution in [0.25, 0.3) is 11.1 Å². The molecular formula is C17H17ClFNO2. The molecule has 0 saturated carbocycles. The molecule has 1 atom stereocenters. The fraction of sp³-hybridized carbons (Fsp3) is 0.235. The van der Waals surface area contributed by atoms with E-state index in [1.165, 1.54) is 12.1 Å². The van der Waals surface area contributed by atoms with Crippen LogP contribution in [-0.2, 0) is 0 Å². The Balaban J connectivity index is 2.19. The molecule has 0 aliphatic rings. The highest BCUT2D eigenvalue weighted by Gasteiger charge is 2.14. The molecule has 0 unspecified atom stereocenters. The third-order valence-corrected chi connectivity index (χ3v) is 3.58. The number of rotatable bonds is 5. The standard InChI is InChI=1S/C17H17ClFNO2/c1-11(8-9-21)20-17(22)15-7-4-13(10-16(15)19)12-2-5-14(18)6-3-12/h2-7,10-11,21H,8-9H2,1H3,(H,20,22)/t11-/m1/s1. The van der Waals surface area contributed by atoms with E-state index in [4.69, 9.17) is 16.7 Å². The normalized spacial score (nSPS) is 12.0. The number of aliphatic hydroxyl groups excluding tert-OH is 1. The van der Waals surface area contributed by atoms with E-state index in [1.54, 1.807) is 37.3 Å². The van der Waals surface area contributed by atoms with Gasteiger partial charge < -0.3 is 10.4 Å².